The number of fused-ring (bicyclic) bond motifs is 1. The molecule has 2 aromatic carbocycles. The molecule has 0 radical (unpaired) electrons. The fraction of sp³-hybridized carbons (Fsp3) is 0.423. The van der Waals surface area contributed by atoms with Gasteiger partial charge < -0.3 is 10.2 Å². The highest BCUT2D eigenvalue weighted by Gasteiger charge is 2.41. The lowest BCUT2D eigenvalue weighted by Gasteiger charge is -2.33. The van der Waals surface area contributed by atoms with Crippen molar-refractivity contribution in [2.75, 3.05) is 6.54 Å². The molecule has 0 saturated carbocycles. The van der Waals surface area contributed by atoms with Crippen LogP contribution in [-0.2, 0) is 26.2 Å². The number of nitrogens with zero attached hydrogens (tertiary/aromatic N) is 2. The number of benzene rings is 2. The zero-order valence-corrected chi connectivity index (χ0v) is 21.7. The van der Waals surface area contributed by atoms with Crippen LogP contribution in [0.5, 0.6) is 0 Å². The average molecular weight is 500 g/mol. The summed E-state index contributed by atoms with van der Waals surface area (Å²) < 4.78 is 26.5. The molecule has 2 aromatic rings. The zero-order chi connectivity index (χ0) is 26.0. The van der Waals surface area contributed by atoms with Crippen molar-refractivity contribution < 1.29 is 22.8 Å². The van der Waals surface area contributed by atoms with Crippen molar-refractivity contribution in [3.63, 3.8) is 0 Å². The van der Waals surface area contributed by atoms with Gasteiger partial charge in [-0.1, -0.05) is 48.9 Å². The Morgan fingerprint density at radius 3 is 2.26 bits per heavy atom. The topological polar surface area (TPSA) is 104 Å². The molecule has 3 rings (SSSR count). The van der Waals surface area contributed by atoms with Crippen molar-refractivity contribution in [3.05, 3.63) is 65.2 Å². The molecular formula is C26H33N3O5S. The minimum Gasteiger partial charge on any atom is -0.350 e. The number of hydrogen-bond acceptors (Lipinski definition) is 5. The second kappa shape index (κ2) is 10.2. The number of aryl methyl sites for hydroxylation is 1. The Morgan fingerprint density at radius 1 is 1.06 bits per heavy atom. The summed E-state index contributed by atoms with van der Waals surface area (Å²) in [5.74, 6) is -1.32. The summed E-state index contributed by atoms with van der Waals surface area (Å²) in [6.07, 6.45) is 0.149. The molecule has 1 aliphatic heterocycles. The molecule has 188 valence electrons. The van der Waals surface area contributed by atoms with Gasteiger partial charge in [-0.05, 0) is 51.8 Å². The van der Waals surface area contributed by atoms with E-state index in [4.69, 9.17) is 0 Å². The third-order valence-electron chi connectivity index (χ3n) is 5.80. The summed E-state index contributed by atoms with van der Waals surface area (Å²) in [6, 6.07) is 12.9. The van der Waals surface area contributed by atoms with Crippen LogP contribution in [0.1, 0.15) is 62.0 Å². The van der Waals surface area contributed by atoms with E-state index < -0.39 is 33.4 Å². The fourth-order valence-electron chi connectivity index (χ4n) is 4.06. The summed E-state index contributed by atoms with van der Waals surface area (Å²) in [5, 5.41) is 2.94. The highest BCUT2D eigenvalue weighted by atomic mass is 32.2. The summed E-state index contributed by atoms with van der Waals surface area (Å²) in [5.41, 5.74) is 1.54. The van der Waals surface area contributed by atoms with Gasteiger partial charge in [-0.3, -0.25) is 14.4 Å². The molecule has 1 aliphatic rings. The molecule has 0 fully saturated rings. The van der Waals surface area contributed by atoms with Gasteiger partial charge in [-0.25, -0.2) is 12.7 Å². The normalized spacial score (nSPS) is 15.5. The first kappa shape index (κ1) is 26.4. The highest BCUT2D eigenvalue weighted by Crippen LogP contribution is 2.30. The summed E-state index contributed by atoms with van der Waals surface area (Å²) >= 11 is 0. The summed E-state index contributed by atoms with van der Waals surface area (Å²) in [6.45, 7) is 9.28. The average Bonchev–Trinajstić information content (AvgIpc) is 2.97. The van der Waals surface area contributed by atoms with Crippen LogP contribution in [0.25, 0.3) is 0 Å². The van der Waals surface area contributed by atoms with Gasteiger partial charge in [-0.15, -0.1) is 0 Å². The third kappa shape index (κ3) is 5.90. The van der Waals surface area contributed by atoms with Crippen LogP contribution >= 0.6 is 0 Å². The van der Waals surface area contributed by atoms with Crippen LogP contribution in [0, 0.1) is 6.92 Å². The number of carbonyl (C=O) groups excluding carboxylic acids is 3. The molecule has 1 heterocycles. The van der Waals surface area contributed by atoms with Crippen molar-refractivity contribution in [3.8, 4) is 0 Å². The standard InChI is InChI=1S/C26H33N3O5S/c1-6-21(24(31)27-26(3,4)5)28(17-19-13-11-18(2)12-14-19)23(30)15-16-29-25(32)20-9-7-8-10-22(20)35(29,33)34/h7-14,21H,6,15-17H2,1-5H3,(H,27,31). The van der Waals surface area contributed by atoms with E-state index in [-0.39, 0.29) is 35.9 Å². The Balaban J connectivity index is 1.84. The van der Waals surface area contributed by atoms with E-state index in [2.05, 4.69) is 5.32 Å². The first-order valence-electron chi connectivity index (χ1n) is 11.7. The highest BCUT2D eigenvalue weighted by molar-refractivity contribution is 7.90. The largest absolute Gasteiger partial charge is 0.350 e. The molecular weight excluding hydrogens is 466 g/mol. The van der Waals surface area contributed by atoms with E-state index in [1.54, 1.807) is 12.1 Å². The Morgan fingerprint density at radius 2 is 1.69 bits per heavy atom. The molecule has 1 unspecified atom stereocenters. The minimum atomic E-state index is -4.01. The number of amides is 3. The van der Waals surface area contributed by atoms with E-state index in [1.165, 1.54) is 17.0 Å². The lowest BCUT2D eigenvalue weighted by molar-refractivity contribution is -0.142. The van der Waals surface area contributed by atoms with E-state index in [0.29, 0.717) is 6.42 Å². The van der Waals surface area contributed by atoms with Crippen molar-refractivity contribution in [2.24, 2.45) is 0 Å². The van der Waals surface area contributed by atoms with Gasteiger partial charge in [0.05, 0.1) is 5.56 Å². The Hall–Kier alpha value is -3.20. The lowest BCUT2D eigenvalue weighted by atomic mass is 10.0. The Bertz CT molecular complexity index is 1220. The van der Waals surface area contributed by atoms with E-state index >= 15 is 0 Å². The summed E-state index contributed by atoms with van der Waals surface area (Å²) in [4.78, 5) is 40.7. The molecule has 1 N–H and O–H groups in total. The van der Waals surface area contributed by atoms with Crippen LogP contribution in [0.2, 0.25) is 0 Å². The van der Waals surface area contributed by atoms with Crippen molar-refractivity contribution >= 4 is 27.7 Å². The first-order chi connectivity index (χ1) is 16.3. The van der Waals surface area contributed by atoms with Gasteiger partial charge in [0.15, 0.2) is 0 Å². The van der Waals surface area contributed by atoms with Crippen molar-refractivity contribution in [1.82, 2.24) is 14.5 Å². The van der Waals surface area contributed by atoms with Crippen LogP contribution in [0.3, 0.4) is 0 Å². The molecule has 0 spiro atoms. The van der Waals surface area contributed by atoms with Crippen LogP contribution in [-0.4, -0.2) is 53.5 Å². The van der Waals surface area contributed by atoms with E-state index in [9.17, 15) is 22.8 Å². The number of nitrogens with one attached hydrogen (secondary N) is 1. The lowest BCUT2D eigenvalue weighted by Crippen LogP contribution is -2.53. The summed E-state index contributed by atoms with van der Waals surface area (Å²) in [7, 11) is -4.01. The van der Waals surface area contributed by atoms with Crippen molar-refractivity contribution in [2.45, 2.75) is 70.5 Å². The molecule has 1 atom stereocenters. The van der Waals surface area contributed by atoms with Crippen molar-refractivity contribution in [1.29, 1.82) is 0 Å². The smallest absolute Gasteiger partial charge is 0.269 e. The molecule has 9 heteroatoms. The minimum absolute atomic E-state index is 0.0510. The zero-order valence-electron chi connectivity index (χ0n) is 20.9. The number of carbonyl (C=O) groups is 3. The number of hydrogen-bond donors (Lipinski definition) is 1. The maximum absolute atomic E-state index is 13.4. The molecule has 0 saturated heterocycles. The van der Waals surface area contributed by atoms with Gasteiger partial charge in [0.2, 0.25) is 11.8 Å². The SMILES string of the molecule is CCC(C(=O)NC(C)(C)C)N(Cc1ccc(C)cc1)C(=O)CCN1C(=O)c2ccccc2S1(=O)=O. The number of sulfonamides is 1. The van der Waals surface area contributed by atoms with Crippen LogP contribution < -0.4 is 5.32 Å². The van der Waals surface area contributed by atoms with Crippen LogP contribution in [0.15, 0.2) is 53.4 Å². The molecule has 8 nitrogen and oxygen atoms in total. The van der Waals surface area contributed by atoms with Gasteiger partial charge in [-0.2, -0.15) is 0 Å². The maximum atomic E-state index is 13.4. The molecule has 0 aromatic heterocycles. The maximum Gasteiger partial charge on any atom is 0.269 e. The molecule has 0 bridgehead atoms. The monoisotopic (exact) mass is 499 g/mol. The van der Waals surface area contributed by atoms with Gasteiger partial charge in [0, 0.05) is 25.0 Å². The predicted molar refractivity (Wildman–Crippen MR) is 133 cm³/mol. The van der Waals surface area contributed by atoms with E-state index in [1.807, 2.05) is 58.9 Å². The second-order valence-corrected chi connectivity index (χ2v) is 11.6. The Labute approximate surface area is 207 Å². The van der Waals surface area contributed by atoms with Gasteiger partial charge in [0.25, 0.3) is 15.9 Å². The fourth-order valence-corrected chi connectivity index (χ4v) is 5.63. The van der Waals surface area contributed by atoms with Crippen LogP contribution in [0.4, 0.5) is 0 Å². The first-order valence-corrected chi connectivity index (χ1v) is 13.1. The number of rotatable bonds is 8. The predicted octanol–water partition coefficient (Wildman–Crippen LogP) is 3.25. The third-order valence-corrected chi connectivity index (χ3v) is 7.64. The molecule has 3 amide bonds. The molecule has 0 aliphatic carbocycles. The Kier molecular flexibility index (Phi) is 7.69. The molecule has 35 heavy (non-hydrogen) atoms. The van der Waals surface area contributed by atoms with Gasteiger partial charge in [0.1, 0.15) is 10.9 Å². The van der Waals surface area contributed by atoms with E-state index in [0.717, 1.165) is 15.4 Å². The van der Waals surface area contributed by atoms with Gasteiger partial charge >= 0.3 is 0 Å². The quantitative estimate of drug-likeness (QED) is 0.601. The second-order valence-electron chi connectivity index (χ2n) is 9.80.